The fraction of sp³-hybridized carbons (Fsp3) is 0.455. The van der Waals surface area contributed by atoms with Crippen LogP contribution >= 0.6 is 0 Å². The molecular formula is C11H17N3O4S. The Bertz CT molecular complexity index is 584. The number of nitrogens with zero attached hydrogens (tertiary/aromatic N) is 2. The molecule has 8 heteroatoms. The molecule has 0 unspecified atom stereocenters. The van der Waals surface area contributed by atoms with Gasteiger partial charge in [-0.25, -0.2) is 13.6 Å². The Labute approximate surface area is 112 Å². The predicted octanol–water partition coefficient (Wildman–Crippen LogP) is 1.33. The Morgan fingerprint density at radius 2 is 2.00 bits per heavy atom. The standard InChI is InChI=1S/C11H17N3O4S/c1-8(2)7-13(3)10-5-4-9(14(15)16)6-11(10)19(12,17)18/h4-6,8H,7H2,1-3H3,(H2,12,17,18). The molecule has 0 aliphatic heterocycles. The Balaban J connectivity index is 3.36. The van der Waals surface area contributed by atoms with Crippen LogP contribution in [-0.2, 0) is 10.0 Å². The summed E-state index contributed by atoms with van der Waals surface area (Å²) in [4.78, 5) is 11.5. The summed E-state index contributed by atoms with van der Waals surface area (Å²) in [6.07, 6.45) is 0. The van der Waals surface area contributed by atoms with Crippen LogP contribution in [0.5, 0.6) is 0 Å². The number of non-ortho nitro benzene ring substituents is 1. The van der Waals surface area contributed by atoms with Crippen LogP contribution in [0.2, 0.25) is 0 Å². The van der Waals surface area contributed by atoms with Gasteiger partial charge in [0.15, 0.2) is 0 Å². The van der Waals surface area contributed by atoms with Crippen LogP contribution in [0.25, 0.3) is 0 Å². The molecule has 19 heavy (non-hydrogen) atoms. The van der Waals surface area contributed by atoms with Gasteiger partial charge >= 0.3 is 0 Å². The number of primary sulfonamides is 1. The van der Waals surface area contributed by atoms with E-state index in [2.05, 4.69) is 0 Å². The predicted molar refractivity (Wildman–Crippen MR) is 72.6 cm³/mol. The van der Waals surface area contributed by atoms with Crippen LogP contribution in [-0.4, -0.2) is 26.9 Å². The number of anilines is 1. The molecule has 1 aromatic carbocycles. The first-order valence-electron chi connectivity index (χ1n) is 5.65. The van der Waals surface area contributed by atoms with E-state index in [0.717, 1.165) is 6.07 Å². The smallest absolute Gasteiger partial charge is 0.270 e. The Kier molecular flexibility index (Phi) is 4.48. The van der Waals surface area contributed by atoms with Crippen molar-refractivity contribution in [3.63, 3.8) is 0 Å². The van der Waals surface area contributed by atoms with Crippen molar-refractivity contribution in [1.29, 1.82) is 0 Å². The fourth-order valence-corrected chi connectivity index (χ4v) is 2.61. The van der Waals surface area contributed by atoms with E-state index in [0.29, 0.717) is 18.2 Å². The minimum absolute atomic E-state index is 0.232. The molecule has 0 saturated heterocycles. The van der Waals surface area contributed by atoms with Gasteiger partial charge in [0.05, 0.1) is 10.6 Å². The van der Waals surface area contributed by atoms with E-state index in [-0.39, 0.29) is 10.6 Å². The SMILES string of the molecule is CC(C)CN(C)c1ccc([N+](=O)[O-])cc1S(N)(=O)=O. The summed E-state index contributed by atoms with van der Waals surface area (Å²) < 4.78 is 23.1. The van der Waals surface area contributed by atoms with E-state index in [9.17, 15) is 18.5 Å². The summed E-state index contributed by atoms with van der Waals surface area (Å²) >= 11 is 0. The van der Waals surface area contributed by atoms with Crippen LogP contribution in [0.3, 0.4) is 0 Å². The molecule has 106 valence electrons. The number of hydrogen-bond acceptors (Lipinski definition) is 5. The molecule has 0 heterocycles. The van der Waals surface area contributed by atoms with E-state index in [1.807, 2.05) is 13.8 Å². The van der Waals surface area contributed by atoms with Crippen molar-refractivity contribution in [3.05, 3.63) is 28.3 Å². The quantitative estimate of drug-likeness (QED) is 0.649. The maximum absolute atomic E-state index is 11.5. The van der Waals surface area contributed by atoms with Gasteiger partial charge in [-0.15, -0.1) is 0 Å². The molecule has 0 radical (unpaired) electrons. The van der Waals surface area contributed by atoms with Crippen LogP contribution in [0.1, 0.15) is 13.8 Å². The van der Waals surface area contributed by atoms with Gasteiger partial charge in [-0.2, -0.15) is 0 Å². The second kappa shape index (κ2) is 5.54. The van der Waals surface area contributed by atoms with Crippen LogP contribution in [0.15, 0.2) is 23.1 Å². The second-order valence-corrected chi connectivity index (χ2v) is 6.26. The first kappa shape index (κ1) is 15.4. The molecule has 0 aliphatic rings. The third-order valence-electron chi connectivity index (χ3n) is 2.51. The van der Waals surface area contributed by atoms with E-state index in [4.69, 9.17) is 5.14 Å². The zero-order chi connectivity index (χ0) is 14.8. The molecule has 0 atom stereocenters. The van der Waals surface area contributed by atoms with Gasteiger partial charge < -0.3 is 4.90 Å². The van der Waals surface area contributed by atoms with Gasteiger partial charge in [0.2, 0.25) is 10.0 Å². The van der Waals surface area contributed by atoms with E-state index < -0.39 is 14.9 Å². The van der Waals surface area contributed by atoms with Gasteiger partial charge in [0, 0.05) is 25.7 Å². The first-order chi connectivity index (χ1) is 8.62. The van der Waals surface area contributed by atoms with Crippen molar-refractivity contribution in [2.45, 2.75) is 18.7 Å². The van der Waals surface area contributed by atoms with Crippen molar-refractivity contribution >= 4 is 21.4 Å². The molecule has 1 aromatic rings. The monoisotopic (exact) mass is 287 g/mol. The molecule has 0 fully saturated rings. The number of sulfonamides is 1. The van der Waals surface area contributed by atoms with Gasteiger partial charge in [0.1, 0.15) is 4.90 Å². The maximum Gasteiger partial charge on any atom is 0.270 e. The highest BCUT2D eigenvalue weighted by atomic mass is 32.2. The number of nitro groups is 1. The van der Waals surface area contributed by atoms with Gasteiger partial charge in [-0.1, -0.05) is 13.8 Å². The largest absolute Gasteiger partial charge is 0.373 e. The normalized spacial score (nSPS) is 11.6. The highest BCUT2D eigenvalue weighted by Gasteiger charge is 2.21. The van der Waals surface area contributed by atoms with E-state index >= 15 is 0 Å². The lowest BCUT2D eigenvalue weighted by atomic mass is 10.2. The molecule has 0 aromatic heterocycles. The summed E-state index contributed by atoms with van der Waals surface area (Å²) in [5.74, 6) is 0.313. The summed E-state index contributed by atoms with van der Waals surface area (Å²) in [6, 6.07) is 3.66. The Morgan fingerprint density at radius 3 is 2.42 bits per heavy atom. The summed E-state index contributed by atoms with van der Waals surface area (Å²) in [7, 11) is -2.30. The van der Waals surface area contributed by atoms with Crippen LogP contribution in [0, 0.1) is 16.0 Å². The van der Waals surface area contributed by atoms with Crippen molar-refractivity contribution in [2.24, 2.45) is 11.1 Å². The van der Waals surface area contributed by atoms with Crippen molar-refractivity contribution in [2.75, 3.05) is 18.5 Å². The summed E-state index contributed by atoms with van der Waals surface area (Å²) in [5.41, 5.74) is 0.0625. The van der Waals surface area contributed by atoms with Crippen molar-refractivity contribution < 1.29 is 13.3 Å². The second-order valence-electron chi connectivity index (χ2n) is 4.73. The first-order valence-corrected chi connectivity index (χ1v) is 7.20. The summed E-state index contributed by atoms with van der Waals surface area (Å²) in [6.45, 7) is 4.58. The Hall–Kier alpha value is -1.67. The molecule has 0 amide bonds. The number of benzene rings is 1. The molecule has 1 rings (SSSR count). The molecule has 7 nitrogen and oxygen atoms in total. The molecule has 0 spiro atoms. The minimum atomic E-state index is -4.02. The average molecular weight is 287 g/mol. The molecular weight excluding hydrogens is 270 g/mol. The van der Waals surface area contributed by atoms with E-state index in [1.165, 1.54) is 12.1 Å². The third-order valence-corrected chi connectivity index (χ3v) is 3.45. The summed E-state index contributed by atoms with van der Waals surface area (Å²) in [5, 5.41) is 15.8. The molecule has 2 N–H and O–H groups in total. The lowest BCUT2D eigenvalue weighted by Crippen LogP contribution is -2.26. The fourth-order valence-electron chi connectivity index (χ4n) is 1.81. The number of nitrogens with two attached hydrogens (primary N) is 1. The van der Waals surface area contributed by atoms with Gasteiger partial charge in [-0.3, -0.25) is 10.1 Å². The lowest BCUT2D eigenvalue weighted by Gasteiger charge is -2.23. The maximum atomic E-state index is 11.5. The number of hydrogen-bond donors (Lipinski definition) is 1. The zero-order valence-electron chi connectivity index (χ0n) is 11.0. The topological polar surface area (TPSA) is 107 Å². The van der Waals surface area contributed by atoms with Gasteiger partial charge in [-0.05, 0) is 12.0 Å². The minimum Gasteiger partial charge on any atom is -0.373 e. The number of nitro benzene ring substituents is 1. The molecule has 0 aliphatic carbocycles. The third kappa shape index (κ3) is 3.90. The molecule has 0 saturated carbocycles. The van der Waals surface area contributed by atoms with Crippen molar-refractivity contribution in [3.8, 4) is 0 Å². The lowest BCUT2D eigenvalue weighted by molar-refractivity contribution is -0.385. The van der Waals surface area contributed by atoms with E-state index in [1.54, 1.807) is 11.9 Å². The highest BCUT2D eigenvalue weighted by molar-refractivity contribution is 7.89. The molecule has 0 bridgehead atoms. The van der Waals surface area contributed by atoms with Crippen LogP contribution in [0.4, 0.5) is 11.4 Å². The average Bonchev–Trinajstić information content (AvgIpc) is 2.25. The zero-order valence-corrected chi connectivity index (χ0v) is 11.8. The number of rotatable bonds is 5. The highest BCUT2D eigenvalue weighted by Crippen LogP contribution is 2.28. The van der Waals surface area contributed by atoms with Crippen molar-refractivity contribution in [1.82, 2.24) is 0 Å². The van der Waals surface area contributed by atoms with Gasteiger partial charge in [0.25, 0.3) is 5.69 Å². The Morgan fingerprint density at radius 1 is 1.42 bits per heavy atom. The van der Waals surface area contributed by atoms with Crippen LogP contribution < -0.4 is 10.0 Å².